The molecular weight excluding hydrogens is 260 g/mol. The van der Waals surface area contributed by atoms with Crippen molar-refractivity contribution in [3.8, 4) is 0 Å². The molecule has 8 heteroatoms. The predicted octanol–water partition coefficient (Wildman–Crippen LogP) is 0.826. The molecule has 0 bridgehead atoms. The minimum Gasteiger partial charge on any atom is -0.477 e. The van der Waals surface area contributed by atoms with Crippen molar-refractivity contribution in [3.63, 3.8) is 0 Å². The minimum absolute atomic E-state index is 0.0614. The zero-order chi connectivity index (χ0) is 13.8. The molecule has 0 fully saturated rings. The summed E-state index contributed by atoms with van der Waals surface area (Å²) in [6.45, 7) is 4.12. The second-order valence-corrected chi connectivity index (χ2v) is 5.22. The molecule has 2 N–H and O–H groups in total. The van der Waals surface area contributed by atoms with Gasteiger partial charge in [0.25, 0.3) is 10.0 Å². The van der Waals surface area contributed by atoms with Gasteiger partial charge in [0.05, 0.1) is 6.61 Å². The van der Waals surface area contributed by atoms with Crippen molar-refractivity contribution in [1.82, 2.24) is 9.45 Å². The van der Waals surface area contributed by atoms with Crippen molar-refractivity contribution >= 4 is 16.0 Å². The lowest BCUT2D eigenvalue weighted by atomic mass is 10.4. The highest BCUT2D eigenvalue weighted by Gasteiger charge is 2.21. The normalized spacial score (nSPS) is 11.7. The van der Waals surface area contributed by atoms with Crippen molar-refractivity contribution in [2.24, 2.45) is 0 Å². The number of carboxylic acid groups (broad SMARTS) is 1. The third-order valence-corrected chi connectivity index (χ3v) is 3.36. The summed E-state index contributed by atoms with van der Waals surface area (Å²) in [4.78, 5) is 17.4. The fraction of sp³-hybridized carbons (Fsp3) is 0.500. The maximum Gasteiger partial charge on any atom is 0.352 e. The van der Waals surface area contributed by atoms with E-state index in [1.807, 2.05) is 11.8 Å². The van der Waals surface area contributed by atoms with Gasteiger partial charge in [0.1, 0.15) is 10.6 Å². The fourth-order valence-corrected chi connectivity index (χ4v) is 2.32. The molecule has 0 unspecified atom stereocenters. The Kier molecular flexibility index (Phi) is 4.88. The van der Waals surface area contributed by atoms with Gasteiger partial charge in [0.15, 0.2) is 0 Å². The van der Waals surface area contributed by atoms with Crippen LogP contribution in [0.15, 0.2) is 17.2 Å². The summed E-state index contributed by atoms with van der Waals surface area (Å²) < 4.78 is 24.9. The van der Waals surface area contributed by atoms with Gasteiger partial charge in [-0.1, -0.05) is 11.8 Å². The quantitative estimate of drug-likeness (QED) is 0.719. The third-order valence-electron chi connectivity index (χ3n) is 2.18. The number of sulfonamides is 1. The first-order chi connectivity index (χ1) is 8.42. The molecule has 0 aliphatic carbocycles. The van der Waals surface area contributed by atoms with E-state index in [-0.39, 0.29) is 17.2 Å². The molecule has 0 amide bonds. The highest BCUT2D eigenvalue weighted by molar-refractivity contribution is 7.89. The van der Waals surface area contributed by atoms with E-state index in [2.05, 4.69) is 4.84 Å². The Bertz CT molecular complexity index is 520. The first kappa shape index (κ1) is 14.7. The summed E-state index contributed by atoms with van der Waals surface area (Å²) in [6.07, 6.45) is 1.99. The highest BCUT2D eigenvalue weighted by atomic mass is 32.2. The fourth-order valence-electron chi connectivity index (χ4n) is 1.42. The standard InChI is InChI=1S/C10H16N2O5S/c1-3-5-12-7-8(6-9(12)10(13)14)18(15,16)11-17-4-2/h6-7,11H,3-5H2,1-2H3,(H,13,14). The second kappa shape index (κ2) is 5.98. The van der Waals surface area contributed by atoms with Crippen LogP contribution in [0.4, 0.5) is 0 Å². The van der Waals surface area contributed by atoms with E-state index in [0.29, 0.717) is 13.0 Å². The van der Waals surface area contributed by atoms with Crippen molar-refractivity contribution in [2.45, 2.75) is 31.7 Å². The van der Waals surface area contributed by atoms with Crippen LogP contribution in [0.1, 0.15) is 30.8 Å². The maximum absolute atomic E-state index is 11.7. The van der Waals surface area contributed by atoms with Crippen LogP contribution < -0.4 is 4.89 Å². The molecule has 102 valence electrons. The van der Waals surface area contributed by atoms with E-state index >= 15 is 0 Å². The number of aryl methyl sites for hydroxylation is 1. The number of carbonyl (C=O) groups is 1. The van der Waals surface area contributed by atoms with Crippen molar-refractivity contribution in [3.05, 3.63) is 18.0 Å². The second-order valence-electron chi connectivity index (χ2n) is 3.58. The summed E-state index contributed by atoms with van der Waals surface area (Å²) in [5.41, 5.74) is -0.0614. The van der Waals surface area contributed by atoms with Crippen LogP contribution in [0.3, 0.4) is 0 Å². The molecule has 0 aliphatic heterocycles. The molecule has 1 aromatic rings. The van der Waals surface area contributed by atoms with Crippen LogP contribution in [0.5, 0.6) is 0 Å². The molecule has 0 saturated carbocycles. The first-order valence-corrected chi connectivity index (χ1v) is 6.97. The smallest absolute Gasteiger partial charge is 0.352 e. The molecule has 1 rings (SSSR count). The van der Waals surface area contributed by atoms with E-state index in [4.69, 9.17) is 5.11 Å². The number of nitrogens with one attached hydrogen (secondary N) is 1. The van der Waals surface area contributed by atoms with Gasteiger partial charge in [0, 0.05) is 12.7 Å². The number of aromatic carboxylic acids is 1. The molecule has 0 saturated heterocycles. The Balaban J connectivity index is 3.11. The average molecular weight is 276 g/mol. The SMILES string of the molecule is CCCn1cc(S(=O)(=O)NOCC)cc1C(=O)O. The lowest BCUT2D eigenvalue weighted by molar-refractivity contribution is 0.0685. The molecule has 0 atom stereocenters. The molecule has 0 aromatic carbocycles. The van der Waals surface area contributed by atoms with E-state index in [9.17, 15) is 13.2 Å². The summed E-state index contributed by atoms with van der Waals surface area (Å²) in [7, 11) is -3.83. The zero-order valence-electron chi connectivity index (χ0n) is 10.2. The summed E-state index contributed by atoms with van der Waals surface area (Å²) in [5, 5.41) is 8.98. The number of rotatable bonds is 7. The van der Waals surface area contributed by atoms with Crippen LogP contribution in [0.2, 0.25) is 0 Å². The van der Waals surface area contributed by atoms with E-state index in [1.165, 1.54) is 10.8 Å². The zero-order valence-corrected chi connectivity index (χ0v) is 11.0. The maximum atomic E-state index is 11.7. The lowest BCUT2D eigenvalue weighted by Crippen LogP contribution is -2.23. The van der Waals surface area contributed by atoms with Gasteiger partial charge in [-0.15, -0.1) is 0 Å². The minimum atomic E-state index is -3.83. The third kappa shape index (κ3) is 3.31. The van der Waals surface area contributed by atoms with Gasteiger partial charge in [-0.25, -0.2) is 13.2 Å². The first-order valence-electron chi connectivity index (χ1n) is 5.49. The van der Waals surface area contributed by atoms with Crippen molar-refractivity contribution in [2.75, 3.05) is 6.61 Å². The van der Waals surface area contributed by atoms with E-state index in [1.54, 1.807) is 6.92 Å². The van der Waals surface area contributed by atoms with Crippen LogP contribution in [0.25, 0.3) is 0 Å². The van der Waals surface area contributed by atoms with Gasteiger partial charge >= 0.3 is 5.97 Å². The molecule has 7 nitrogen and oxygen atoms in total. The van der Waals surface area contributed by atoms with Crippen LogP contribution in [-0.2, 0) is 21.4 Å². The molecule has 0 aliphatic rings. The Labute approximate surface area is 105 Å². The van der Waals surface area contributed by atoms with Crippen LogP contribution >= 0.6 is 0 Å². The largest absolute Gasteiger partial charge is 0.477 e. The van der Waals surface area contributed by atoms with Crippen LogP contribution in [-0.4, -0.2) is 30.7 Å². The number of hydrogen-bond acceptors (Lipinski definition) is 4. The Morgan fingerprint density at radius 3 is 2.67 bits per heavy atom. The molecule has 0 radical (unpaired) electrons. The topological polar surface area (TPSA) is 97.6 Å². The lowest BCUT2D eigenvalue weighted by Gasteiger charge is -2.03. The van der Waals surface area contributed by atoms with Crippen LogP contribution in [0, 0.1) is 0 Å². The molecular formula is C10H16N2O5S. The molecule has 18 heavy (non-hydrogen) atoms. The Hall–Kier alpha value is -1.38. The Morgan fingerprint density at radius 1 is 1.50 bits per heavy atom. The van der Waals surface area contributed by atoms with E-state index < -0.39 is 16.0 Å². The van der Waals surface area contributed by atoms with Gasteiger partial charge in [-0.2, -0.15) is 0 Å². The molecule has 1 heterocycles. The monoisotopic (exact) mass is 276 g/mol. The van der Waals surface area contributed by atoms with Gasteiger partial charge < -0.3 is 9.67 Å². The van der Waals surface area contributed by atoms with Gasteiger partial charge in [0.2, 0.25) is 0 Å². The number of hydrogen-bond donors (Lipinski definition) is 2. The number of nitrogens with zero attached hydrogens (tertiary/aromatic N) is 1. The molecule has 1 aromatic heterocycles. The number of aromatic nitrogens is 1. The van der Waals surface area contributed by atoms with Gasteiger partial charge in [-0.05, 0) is 19.4 Å². The summed E-state index contributed by atoms with van der Waals surface area (Å²) in [6, 6.07) is 1.11. The highest BCUT2D eigenvalue weighted by Crippen LogP contribution is 2.15. The molecule has 0 spiro atoms. The summed E-state index contributed by atoms with van der Waals surface area (Å²) >= 11 is 0. The van der Waals surface area contributed by atoms with Crippen molar-refractivity contribution < 1.29 is 23.2 Å². The van der Waals surface area contributed by atoms with Gasteiger partial charge in [-0.3, -0.25) is 4.84 Å². The number of carboxylic acids is 1. The van der Waals surface area contributed by atoms with Crippen molar-refractivity contribution in [1.29, 1.82) is 0 Å². The average Bonchev–Trinajstić information content (AvgIpc) is 2.72. The summed E-state index contributed by atoms with van der Waals surface area (Å²) in [5.74, 6) is -1.17. The Morgan fingerprint density at radius 2 is 2.17 bits per heavy atom. The predicted molar refractivity (Wildman–Crippen MR) is 63.6 cm³/mol. The van der Waals surface area contributed by atoms with E-state index in [0.717, 1.165) is 6.07 Å².